The Bertz CT molecular complexity index is 319. The normalized spacial score (nSPS) is 16.2. The number of hydrogen-bond donors (Lipinski definition) is 1. The van der Waals surface area contributed by atoms with Crippen molar-refractivity contribution in [3.8, 4) is 5.75 Å². The van der Waals surface area contributed by atoms with Gasteiger partial charge in [-0.05, 0) is 57.1 Å². The maximum Gasteiger partial charge on any atom is 0.119 e. The quantitative estimate of drug-likeness (QED) is 0.796. The van der Waals surface area contributed by atoms with Crippen molar-refractivity contribution < 1.29 is 4.74 Å². The van der Waals surface area contributed by atoms with Crippen molar-refractivity contribution in [2.24, 2.45) is 5.92 Å². The predicted molar refractivity (Wildman–Crippen MR) is 69.3 cm³/mol. The molecule has 0 aliphatic carbocycles. The summed E-state index contributed by atoms with van der Waals surface area (Å²) in [5.74, 6) is 3.04. The van der Waals surface area contributed by atoms with E-state index in [2.05, 4.69) is 29.6 Å². The van der Waals surface area contributed by atoms with Gasteiger partial charge in [-0.15, -0.1) is 11.8 Å². The largest absolute Gasteiger partial charge is 0.491 e. The fraction of sp³-hybridized carbons (Fsp3) is 0.538. The third-order valence-electron chi connectivity index (χ3n) is 2.55. The molecule has 0 radical (unpaired) electrons. The number of rotatable bonds is 5. The van der Waals surface area contributed by atoms with Gasteiger partial charge in [-0.25, -0.2) is 0 Å². The van der Waals surface area contributed by atoms with Crippen LogP contribution in [-0.4, -0.2) is 24.9 Å². The summed E-state index contributed by atoms with van der Waals surface area (Å²) in [5, 5.41) is 3.29. The van der Waals surface area contributed by atoms with Gasteiger partial charge in [0.25, 0.3) is 0 Å². The summed E-state index contributed by atoms with van der Waals surface area (Å²) in [4.78, 5) is 1.34. The molecule has 0 bridgehead atoms. The first-order chi connectivity index (χ1) is 7.74. The molecule has 1 heterocycles. The summed E-state index contributed by atoms with van der Waals surface area (Å²) in [7, 11) is 0. The van der Waals surface area contributed by atoms with Gasteiger partial charge < -0.3 is 10.1 Å². The van der Waals surface area contributed by atoms with Crippen molar-refractivity contribution in [1.82, 2.24) is 5.32 Å². The van der Waals surface area contributed by atoms with Crippen molar-refractivity contribution in [2.75, 3.05) is 18.8 Å². The molecule has 0 saturated carbocycles. The maximum atomic E-state index is 5.61. The molecule has 88 valence electrons. The minimum absolute atomic E-state index is 0.250. The number of benzene rings is 1. The Morgan fingerprint density at radius 1 is 1.31 bits per heavy atom. The molecule has 1 aliphatic rings. The molecule has 1 fully saturated rings. The minimum atomic E-state index is 0.250. The molecule has 2 rings (SSSR count). The Kier molecular flexibility index (Phi) is 4.13. The Morgan fingerprint density at radius 3 is 2.50 bits per heavy atom. The smallest absolute Gasteiger partial charge is 0.119 e. The Labute approximate surface area is 102 Å². The summed E-state index contributed by atoms with van der Waals surface area (Å²) in [6.07, 6.45) is 0.250. The van der Waals surface area contributed by atoms with E-state index in [9.17, 15) is 0 Å². The molecule has 0 atom stereocenters. The lowest BCUT2D eigenvalue weighted by Gasteiger charge is -2.26. The molecular formula is C13H19NOS. The maximum absolute atomic E-state index is 5.61. The van der Waals surface area contributed by atoms with Gasteiger partial charge in [-0.2, -0.15) is 0 Å². The summed E-state index contributed by atoms with van der Waals surface area (Å²) in [6, 6.07) is 8.41. The summed E-state index contributed by atoms with van der Waals surface area (Å²) in [6.45, 7) is 6.46. The van der Waals surface area contributed by atoms with Crippen molar-refractivity contribution in [1.29, 1.82) is 0 Å². The van der Waals surface area contributed by atoms with Gasteiger partial charge in [0.05, 0.1) is 6.10 Å². The van der Waals surface area contributed by atoms with Crippen LogP contribution in [-0.2, 0) is 0 Å². The molecule has 1 aliphatic heterocycles. The van der Waals surface area contributed by atoms with E-state index < -0.39 is 0 Å². The molecule has 1 aromatic carbocycles. The van der Waals surface area contributed by atoms with Crippen molar-refractivity contribution in [3.05, 3.63) is 24.3 Å². The van der Waals surface area contributed by atoms with E-state index in [0.29, 0.717) is 0 Å². The van der Waals surface area contributed by atoms with Crippen LogP contribution in [0.3, 0.4) is 0 Å². The second-order valence-electron chi connectivity index (χ2n) is 4.47. The zero-order valence-electron chi connectivity index (χ0n) is 9.90. The highest BCUT2D eigenvalue weighted by molar-refractivity contribution is 7.99. The topological polar surface area (TPSA) is 21.3 Å². The van der Waals surface area contributed by atoms with E-state index in [1.807, 2.05) is 25.6 Å². The molecule has 1 N–H and O–H groups in total. The van der Waals surface area contributed by atoms with Gasteiger partial charge in [0, 0.05) is 10.6 Å². The predicted octanol–water partition coefficient (Wildman–Crippen LogP) is 2.79. The van der Waals surface area contributed by atoms with Crippen LogP contribution in [0.15, 0.2) is 29.2 Å². The molecule has 0 spiro atoms. The zero-order valence-corrected chi connectivity index (χ0v) is 10.7. The van der Waals surface area contributed by atoms with Gasteiger partial charge >= 0.3 is 0 Å². The highest BCUT2D eigenvalue weighted by Gasteiger charge is 2.16. The summed E-state index contributed by atoms with van der Waals surface area (Å²) < 4.78 is 5.61. The monoisotopic (exact) mass is 237 g/mol. The molecule has 1 saturated heterocycles. The lowest BCUT2D eigenvalue weighted by molar-refractivity contribution is 0.242. The van der Waals surface area contributed by atoms with E-state index in [1.165, 1.54) is 23.7 Å². The first-order valence-electron chi connectivity index (χ1n) is 5.84. The number of nitrogens with one attached hydrogen (secondary N) is 1. The average molecular weight is 237 g/mol. The first-order valence-corrected chi connectivity index (χ1v) is 6.83. The van der Waals surface area contributed by atoms with Crippen LogP contribution >= 0.6 is 11.8 Å². The molecule has 16 heavy (non-hydrogen) atoms. The van der Waals surface area contributed by atoms with Crippen LogP contribution in [0.25, 0.3) is 0 Å². The van der Waals surface area contributed by atoms with Crippen molar-refractivity contribution >= 4 is 11.8 Å². The van der Waals surface area contributed by atoms with Crippen LogP contribution < -0.4 is 10.1 Å². The highest BCUT2D eigenvalue weighted by Crippen LogP contribution is 2.24. The molecule has 0 amide bonds. The van der Waals surface area contributed by atoms with Crippen LogP contribution in [0, 0.1) is 5.92 Å². The molecule has 2 nitrogen and oxygen atoms in total. The van der Waals surface area contributed by atoms with E-state index in [1.54, 1.807) is 0 Å². The minimum Gasteiger partial charge on any atom is -0.491 e. The first kappa shape index (κ1) is 11.8. The third kappa shape index (κ3) is 3.42. The van der Waals surface area contributed by atoms with Crippen LogP contribution in [0.1, 0.15) is 13.8 Å². The molecule has 0 unspecified atom stereocenters. The van der Waals surface area contributed by atoms with Crippen LogP contribution in [0.5, 0.6) is 5.75 Å². The SMILES string of the molecule is CC(C)Oc1ccc(SCC2CNC2)cc1. The molecule has 1 aromatic rings. The Hall–Kier alpha value is -0.670. The number of hydrogen-bond acceptors (Lipinski definition) is 3. The lowest BCUT2D eigenvalue weighted by Crippen LogP contribution is -2.43. The third-order valence-corrected chi connectivity index (χ3v) is 3.79. The van der Waals surface area contributed by atoms with Crippen LogP contribution in [0.2, 0.25) is 0 Å². The molecule has 3 heteroatoms. The van der Waals surface area contributed by atoms with Gasteiger partial charge in [-0.3, -0.25) is 0 Å². The van der Waals surface area contributed by atoms with Crippen LogP contribution in [0.4, 0.5) is 0 Å². The van der Waals surface area contributed by atoms with E-state index in [-0.39, 0.29) is 6.10 Å². The van der Waals surface area contributed by atoms with Crippen molar-refractivity contribution in [2.45, 2.75) is 24.8 Å². The summed E-state index contributed by atoms with van der Waals surface area (Å²) in [5.41, 5.74) is 0. The Morgan fingerprint density at radius 2 is 2.00 bits per heavy atom. The second kappa shape index (κ2) is 5.60. The van der Waals surface area contributed by atoms with E-state index >= 15 is 0 Å². The summed E-state index contributed by atoms with van der Waals surface area (Å²) >= 11 is 1.94. The van der Waals surface area contributed by atoms with Gasteiger partial charge in [-0.1, -0.05) is 0 Å². The molecular weight excluding hydrogens is 218 g/mol. The van der Waals surface area contributed by atoms with Gasteiger partial charge in [0.15, 0.2) is 0 Å². The standard InChI is InChI=1S/C13H19NOS/c1-10(2)15-12-3-5-13(6-4-12)16-9-11-7-14-8-11/h3-6,10-11,14H,7-9H2,1-2H3. The fourth-order valence-corrected chi connectivity index (χ4v) is 2.56. The van der Waals surface area contributed by atoms with Gasteiger partial charge in [0.1, 0.15) is 5.75 Å². The van der Waals surface area contributed by atoms with Gasteiger partial charge in [0.2, 0.25) is 0 Å². The van der Waals surface area contributed by atoms with Crippen molar-refractivity contribution in [3.63, 3.8) is 0 Å². The number of thioether (sulfide) groups is 1. The fourth-order valence-electron chi connectivity index (χ4n) is 1.57. The Balaban J connectivity index is 1.81. The molecule has 0 aromatic heterocycles. The lowest BCUT2D eigenvalue weighted by atomic mass is 10.1. The number of ether oxygens (including phenoxy) is 1. The highest BCUT2D eigenvalue weighted by atomic mass is 32.2. The second-order valence-corrected chi connectivity index (χ2v) is 5.57. The average Bonchev–Trinajstić information content (AvgIpc) is 2.17. The van der Waals surface area contributed by atoms with E-state index in [4.69, 9.17) is 4.74 Å². The zero-order chi connectivity index (χ0) is 11.4. The van der Waals surface area contributed by atoms with E-state index in [0.717, 1.165) is 11.7 Å².